The minimum atomic E-state index is -0.276. The zero-order valence-electron chi connectivity index (χ0n) is 14.0. The average molecular weight is 296 g/mol. The number of likely N-dealkylation sites (tertiary alicyclic amines) is 1. The van der Waals surface area contributed by atoms with Crippen molar-refractivity contribution in [2.24, 2.45) is 11.8 Å². The molecule has 1 aromatic carbocycles. The molecule has 22 heavy (non-hydrogen) atoms. The van der Waals surface area contributed by atoms with Crippen molar-refractivity contribution in [3.63, 3.8) is 0 Å². The number of nitrogens with zero attached hydrogens (tertiary/aromatic N) is 2. The van der Waals surface area contributed by atoms with E-state index in [0.29, 0.717) is 17.9 Å². The van der Waals surface area contributed by atoms with Gasteiger partial charge in [-0.3, -0.25) is 0 Å². The molecule has 2 nitrogen and oxygen atoms in total. The Morgan fingerprint density at radius 3 is 2.32 bits per heavy atom. The van der Waals surface area contributed by atoms with Gasteiger partial charge in [0.25, 0.3) is 0 Å². The van der Waals surface area contributed by atoms with E-state index in [0.717, 1.165) is 19.5 Å². The lowest BCUT2D eigenvalue weighted by Gasteiger charge is -2.39. The topological polar surface area (TPSA) is 27.0 Å². The van der Waals surface area contributed by atoms with Gasteiger partial charge in [0.15, 0.2) is 0 Å². The highest BCUT2D eigenvalue weighted by Gasteiger charge is 2.50. The maximum atomic E-state index is 10.3. The van der Waals surface area contributed by atoms with Crippen LogP contribution in [-0.2, 0) is 5.41 Å². The van der Waals surface area contributed by atoms with Gasteiger partial charge in [-0.15, -0.1) is 0 Å². The lowest BCUT2D eigenvalue weighted by atomic mass is 9.62. The van der Waals surface area contributed by atoms with Crippen molar-refractivity contribution < 1.29 is 0 Å². The quantitative estimate of drug-likeness (QED) is 0.825. The van der Waals surface area contributed by atoms with E-state index in [1.54, 1.807) is 0 Å². The van der Waals surface area contributed by atoms with Crippen molar-refractivity contribution >= 4 is 0 Å². The lowest BCUT2D eigenvalue weighted by molar-refractivity contribution is 0.207. The molecule has 1 aliphatic heterocycles. The second-order valence-corrected chi connectivity index (χ2v) is 7.40. The Kier molecular flexibility index (Phi) is 4.54. The molecule has 0 spiro atoms. The van der Waals surface area contributed by atoms with Crippen LogP contribution in [0.25, 0.3) is 0 Å². The molecule has 0 unspecified atom stereocenters. The van der Waals surface area contributed by atoms with E-state index < -0.39 is 0 Å². The van der Waals surface area contributed by atoms with Crippen LogP contribution < -0.4 is 0 Å². The van der Waals surface area contributed by atoms with Gasteiger partial charge in [-0.1, -0.05) is 43.2 Å². The van der Waals surface area contributed by atoms with Crippen molar-refractivity contribution in [1.29, 1.82) is 5.26 Å². The largest absolute Gasteiger partial charge is 0.301 e. The van der Waals surface area contributed by atoms with E-state index >= 15 is 0 Å². The Morgan fingerprint density at radius 2 is 1.77 bits per heavy atom. The molecule has 1 aromatic rings. The van der Waals surface area contributed by atoms with E-state index in [-0.39, 0.29) is 5.41 Å². The minimum absolute atomic E-state index is 0.276. The van der Waals surface area contributed by atoms with Crippen molar-refractivity contribution in [3.8, 4) is 6.07 Å². The molecule has 0 amide bonds. The molecule has 2 heteroatoms. The van der Waals surface area contributed by atoms with Crippen LogP contribution in [0.1, 0.15) is 51.5 Å². The third-order valence-electron chi connectivity index (χ3n) is 6.03. The summed E-state index contributed by atoms with van der Waals surface area (Å²) in [5, 5.41) is 10.3. The molecular formula is C20H28N2. The van der Waals surface area contributed by atoms with E-state index in [2.05, 4.69) is 55.1 Å². The van der Waals surface area contributed by atoms with Gasteiger partial charge in [0, 0.05) is 12.6 Å². The fourth-order valence-corrected chi connectivity index (χ4v) is 4.77. The Hall–Kier alpha value is -1.33. The summed E-state index contributed by atoms with van der Waals surface area (Å²) in [6.45, 7) is 6.77. The predicted molar refractivity (Wildman–Crippen MR) is 90.5 cm³/mol. The van der Waals surface area contributed by atoms with Crippen molar-refractivity contribution in [3.05, 3.63) is 35.9 Å². The summed E-state index contributed by atoms with van der Waals surface area (Å²) in [5.74, 6) is 1.02. The molecule has 2 atom stereocenters. The van der Waals surface area contributed by atoms with Crippen LogP contribution in [0.15, 0.2) is 30.3 Å². The summed E-state index contributed by atoms with van der Waals surface area (Å²) in [4.78, 5) is 2.55. The first kappa shape index (κ1) is 15.6. The molecular weight excluding hydrogens is 268 g/mol. The third kappa shape index (κ3) is 2.57. The summed E-state index contributed by atoms with van der Waals surface area (Å²) < 4.78 is 0. The van der Waals surface area contributed by atoms with Crippen molar-refractivity contribution in [1.82, 2.24) is 4.90 Å². The van der Waals surface area contributed by atoms with Gasteiger partial charge in [0.2, 0.25) is 0 Å². The molecule has 0 aromatic heterocycles. The van der Waals surface area contributed by atoms with Crippen LogP contribution >= 0.6 is 0 Å². The number of hydrogen-bond donors (Lipinski definition) is 0. The van der Waals surface area contributed by atoms with Gasteiger partial charge in [-0.05, 0) is 57.1 Å². The van der Waals surface area contributed by atoms with Crippen molar-refractivity contribution in [2.45, 2.75) is 57.4 Å². The average Bonchev–Trinajstić information content (AvgIpc) is 3.22. The van der Waals surface area contributed by atoms with Gasteiger partial charge in [0.05, 0.1) is 11.5 Å². The smallest absolute Gasteiger partial charge is 0.0891 e. The molecule has 1 saturated carbocycles. The Labute approximate surface area is 135 Å². The van der Waals surface area contributed by atoms with E-state index in [1.807, 2.05) is 0 Å². The molecule has 1 saturated heterocycles. The zero-order valence-corrected chi connectivity index (χ0v) is 14.0. The molecule has 2 aliphatic rings. The van der Waals surface area contributed by atoms with Crippen LogP contribution in [0, 0.1) is 23.2 Å². The normalized spacial score (nSPS) is 26.2. The number of rotatable bonds is 4. The SMILES string of the molecule is CC(C)N1CC[C@H]([C@@](C#N)(c2ccccc2)C2CCCC2)C1. The van der Waals surface area contributed by atoms with E-state index in [9.17, 15) is 5.26 Å². The summed E-state index contributed by atoms with van der Waals surface area (Å²) in [5.41, 5.74) is 0.988. The molecule has 0 bridgehead atoms. The predicted octanol–water partition coefficient (Wildman–Crippen LogP) is 4.37. The standard InChI is InChI=1S/C20H28N2/c1-16(2)22-13-12-19(14-22)20(15-21,18-10-6-7-11-18)17-8-4-3-5-9-17/h3-5,8-9,16,18-19H,6-7,10-14H2,1-2H3/t19-,20-/m0/s1. The van der Waals surface area contributed by atoms with Gasteiger partial charge in [0.1, 0.15) is 0 Å². The number of benzene rings is 1. The van der Waals surface area contributed by atoms with Gasteiger partial charge >= 0.3 is 0 Å². The van der Waals surface area contributed by atoms with Gasteiger partial charge in [-0.2, -0.15) is 5.26 Å². The highest BCUT2D eigenvalue weighted by Crippen LogP contribution is 2.49. The zero-order chi connectivity index (χ0) is 15.6. The van der Waals surface area contributed by atoms with Crippen LogP contribution in [0.2, 0.25) is 0 Å². The first-order chi connectivity index (χ1) is 10.7. The Balaban J connectivity index is 1.98. The second kappa shape index (κ2) is 6.42. The summed E-state index contributed by atoms with van der Waals surface area (Å²) in [6, 6.07) is 14.1. The van der Waals surface area contributed by atoms with Gasteiger partial charge < -0.3 is 4.90 Å². The highest BCUT2D eigenvalue weighted by molar-refractivity contribution is 5.36. The maximum absolute atomic E-state index is 10.3. The molecule has 0 radical (unpaired) electrons. The van der Waals surface area contributed by atoms with Crippen LogP contribution in [0.4, 0.5) is 0 Å². The molecule has 0 N–H and O–H groups in total. The summed E-state index contributed by atoms with van der Waals surface area (Å²) in [7, 11) is 0. The first-order valence-corrected chi connectivity index (χ1v) is 8.89. The Morgan fingerprint density at radius 1 is 1.09 bits per heavy atom. The molecule has 118 valence electrons. The monoisotopic (exact) mass is 296 g/mol. The molecule has 2 fully saturated rings. The Bertz CT molecular complexity index is 524. The first-order valence-electron chi connectivity index (χ1n) is 8.89. The van der Waals surface area contributed by atoms with Crippen LogP contribution in [0.5, 0.6) is 0 Å². The highest BCUT2D eigenvalue weighted by atomic mass is 15.2. The van der Waals surface area contributed by atoms with Gasteiger partial charge in [-0.25, -0.2) is 0 Å². The van der Waals surface area contributed by atoms with Crippen LogP contribution in [0.3, 0.4) is 0 Å². The van der Waals surface area contributed by atoms with E-state index in [4.69, 9.17) is 0 Å². The maximum Gasteiger partial charge on any atom is 0.0891 e. The third-order valence-corrected chi connectivity index (χ3v) is 6.03. The fraction of sp³-hybridized carbons (Fsp3) is 0.650. The number of hydrogen-bond acceptors (Lipinski definition) is 2. The summed E-state index contributed by atoms with van der Waals surface area (Å²) >= 11 is 0. The molecule has 3 rings (SSSR count). The summed E-state index contributed by atoms with van der Waals surface area (Å²) in [6.07, 6.45) is 6.20. The fourth-order valence-electron chi connectivity index (χ4n) is 4.77. The molecule has 1 aliphatic carbocycles. The lowest BCUT2D eigenvalue weighted by Crippen LogP contribution is -2.42. The van der Waals surface area contributed by atoms with Crippen LogP contribution in [-0.4, -0.2) is 24.0 Å². The molecule has 1 heterocycles. The number of nitriles is 1. The second-order valence-electron chi connectivity index (χ2n) is 7.40. The van der Waals surface area contributed by atoms with Crippen molar-refractivity contribution in [2.75, 3.05) is 13.1 Å². The minimum Gasteiger partial charge on any atom is -0.301 e. The van der Waals surface area contributed by atoms with E-state index in [1.165, 1.54) is 31.2 Å².